The number of hydrogen-bond acceptors (Lipinski definition) is 4. The van der Waals surface area contributed by atoms with Crippen molar-refractivity contribution in [1.29, 1.82) is 0 Å². The Morgan fingerprint density at radius 1 is 1.57 bits per heavy atom. The Morgan fingerprint density at radius 3 is 2.86 bits per heavy atom. The van der Waals surface area contributed by atoms with Crippen molar-refractivity contribution in [2.24, 2.45) is 5.73 Å². The highest BCUT2D eigenvalue weighted by molar-refractivity contribution is 5.21. The zero-order valence-electron chi connectivity index (χ0n) is 8.31. The minimum Gasteiger partial charge on any atom is -0.492 e. The summed E-state index contributed by atoms with van der Waals surface area (Å²) in [5.74, 6) is 0.711. The van der Waals surface area contributed by atoms with Gasteiger partial charge in [0.25, 0.3) is 0 Å². The second kappa shape index (κ2) is 5.57. The summed E-state index contributed by atoms with van der Waals surface area (Å²) in [5.41, 5.74) is 6.50. The lowest BCUT2D eigenvalue weighted by Crippen LogP contribution is -2.07. The van der Waals surface area contributed by atoms with E-state index in [1.165, 1.54) is 0 Å². The quantitative estimate of drug-likeness (QED) is 0.685. The zero-order chi connectivity index (χ0) is 10.4. The van der Waals surface area contributed by atoms with E-state index in [4.69, 9.17) is 15.6 Å². The number of aromatic nitrogens is 1. The number of nitrogens with zero attached hydrogens (tertiary/aromatic N) is 1. The van der Waals surface area contributed by atoms with Gasteiger partial charge in [-0.1, -0.05) is 0 Å². The maximum absolute atomic E-state index is 8.55. The van der Waals surface area contributed by atoms with Crippen molar-refractivity contribution in [3.63, 3.8) is 0 Å². The Morgan fingerprint density at radius 2 is 2.36 bits per heavy atom. The maximum atomic E-state index is 8.55. The lowest BCUT2D eigenvalue weighted by molar-refractivity contribution is 0.233. The Hall–Kier alpha value is -1.13. The standard InChI is InChI=1S/C10H16N2O2/c1-8(11)10-4-3-9(7-12-10)14-6-2-5-13/h3-4,7-8,13H,2,5-6,11H2,1H3. The van der Waals surface area contributed by atoms with Crippen molar-refractivity contribution >= 4 is 0 Å². The summed E-state index contributed by atoms with van der Waals surface area (Å²) in [6, 6.07) is 3.63. The van der Waals surface area contributed by atoms with Gasteiger partial charge in [-0.05, 0) is 19.1 Å². The van der Waals surface area contributed by atoms with Crippen LogP contribution >= 0.6 is 0 Å². The van der Waals surface area contributed by atoms with Crippen LogP contribution in [-0.4, -0.2) is 23.3 Å². The predicted octanol–water partition coefficient (Wildman–Crippen LogP) is 0.863. The van der Waals surface area contributed by atoms with Gasteiger partial charge >= 0.3 is 0 Å². The normalized spacial score (nSPS) is 12.5. The van der Waals surface area contributed by atoms with Gasteiger partial charge in [0.2, 0.25) is 0 Å². The number of ether oxygens (including phenoxy) is 1. The summed E-state index contributed by atoms with van der Waals surface area (Å²) in [6.07, 6.45) is 2.28. The van der Waals surface area contributed by atoms with E-state index in [2.05, 4.69) is 4.98 Å². The van der Waals surface area contributed by atoms with Gasteiger partial charge in [-0.25, -0.2) is 0 Å². The lowest BCUT2D eigenvalue weighted by Gasteiger charge is -2.07. The van der Waals surface area contributed by atoms with Crippen molar-refractivity contribution < 1.29 is 9.84 Å². The van der Waals surface area contributed by atoms with Crippen LogP contribution in [0.5, 0.6) is 5.75 Å². The molecule has 78 valence electrons. The third-order valence-electron chi connectivity index (χ3n) is 1.80. The molecule has 0 saturated heterocycles. The highest BCUT2D eigenvalue weighted by Crippen LogP contribution is 2.12. The number of aliphatic hydroxyl groups is 1. The van der Waals surface area contributed by atoms with Gasteiger partial charge in [-0.3, -0.25) is 4.98 Å². The summed E-state index contributed by atoms with van der Waals surface area (Å²) in [6.45, 7) is 2.54. The molecular formula is C10H16N2O2. The van der Waals surface area contributed by atoms with E-state index in [-0.39, 0.29) is 12.6 Å². The molecule has 4 nitrogen and oxygen atoms in total. The molecule has 1 unspecified atom stereocenters. The predicted molar refractivity (Wildman–Crippen MR) is 54.0 cm³/mol. The Balaban J connectivity index is 2.47. The van der Waals surface area contributed by atoms with Gasteiger partial charge in [-0.2, -0.15) is 0 Å². The largest absolute Gasteiger partial charge is 0.492 e. The SMILES string of the molecule is CC(N)c1ccc(OCCCO)cn1. The topological polar surface area (TPSA) is 68.4 Å². The molecule has 1 rings (SSSR count). The van der Waals surface area contributed by atoms with Crippen LogP contribution < -0.4 is 10.5 Å². The fraction of sp³-hybridized carbons (Fsp3) is 0.500. The van der Waals surface area contributed by atoms with Gasteiger partial charge in [-0.15, -0.1) is 0 Å². The summed E-state index contributed by atoms with van der Waals surface area (Å²) < 4.78 is 5.32. The molecule has 0 fully saturated rings. The first-order valence-electron chi connectivity index (χ1n) is 4.69. The monoisotopic (exact) mass is 196 g/mol. The fourth-order valence-corrected chi connectivity index (χ4v) is 1.00. The van der Waals surface area contributed by atoms with E-state index in [1.807, 2.05) is 19.1 Å². The third kappa shape index (κ3) is 3.32. The van der Waals surface area contributed by atoms with E-state index in [1.54, 1.807) is 6.20 Å². The molecule has 14 heavy (non-hydrogen) atoms. The number of rotatable bonds is 5. The molecule has 1 atom stereocenters. The highest BCUT2D eigenvalue weighted by atomic mass is 16.5. The third-order valence-corrected chi connectivity index (χ3v) is 1.80. The van der Waals surface area contributed by atoms with Gasteiger partial charge in [0.1, 0.15) is 5.75 Å². The molecule has 0 bridgehead atoms. The lowest BCUT2D eigenvalue weighted by atomic mass is 10.2. The number of nitrogens with two attached hydrogens (primary N) is 1. The second-order valence-electron chi connectivity index (χ2n) is 3.13. The Labute approximate surface area is 83.7 Å². The first-order chi connectivity index (χ1) is 6.74. The van der Waals surface area contributed by atoms with E-state index in [0.717, 1.165) is 5.69 Å². The molecular weight excluding hydrogens is 180 g/mol. The number of hydrogen-bond donors (Lipinski definition) is 2. The first kappa shape index (κ1) is 10.9. The van der Waals surface area contributed by atoms with E-state index in [0.29, 0.717) is 18.8 Å². The molecule has 0 radical (unpaired) electrons. The van der Waals surface area contributed by atoms with E-state index < -0.39 is 0 Å². The molecule has 0 aromatic carbocycles. The molecule has 0 aliphatic rings. The zero-order valence-corrected chi connectivity index (χ0v) is 8.31. The Bertz CT molecular complexity index is 259. The summed E-state index contributed by atoms with van der Waals surface area (Å²) in [4.78, 5) is 4.14. The molecule has 3 N–H and O–H groups in total. The first-order valence-corrected chi connectivity index (χ1v) is 4.69. The maximum Gasteiger partial charge on any atom is 0.137 e. The van der Waals surface area contributed by atoms with Crippen molar-refractivity contribution in [2.75, 3.05) is 13.2 Å². The molecule has 0 aliphatic heterocycles. The van der Waals surface area contributed by atoms with Crippen molar-refractivity contribution in [1.82, 2.24) is 4.98 Å². The molecule has 1 heterocycles. The van der Waals surface area contributed by atoms with E-state index >= 15 is 0 Å². The molecule has 1 aromatic rings. The number of aliphatic hydroxyl groups excluding tert-OH is 1. The molecule has 0 spiro atoms. The fourth-order valence-electron chi connectivity index (χ4n) is 1.00. The molecule has 4 heteroatoms. The van der Waals surface area contributed by atoms with Crippen molar-refractivity contribution in [2.45, 2.75) is 19.4 Å². The molecule has 0 saturated carbocycles. The van der Waals surface area contributed by atoms with Crippen LogP contribution in [0.1, 0.15) is 25.1 Å². The highest BCUT2D eigenvalue weighted by Gasteiger charge is 2.00. The molecule has 0 amide bonds. The van der Waals surface area contributed by atoms with Crippen LogP contribution in [0, 0.1) is 0 Å². The van der Waals surface area contributed by atoms with Crippen LogP contribution in [0.25, 0.3) is 0 Å². The van der Waals surface area contributed by atoms with E-state index in [9.17, 15) is 0 Å². The minimum absolute atomic E-state index is 0.0542. The van der Waals surface area contributed by atoms with Gasteiger partial charge in [0, 0.05) is 19.1 Å². The molecule has 1 aromatic heterocycles. The van der Waals surface area contributed by atoms with Crippen LogP contribution in [0.2, 0.25) is 0 Å². The summed E-state index contributed by atoms with van der Waals surface area (Å²) >= 11 is 0. The smallest absolute Gasteiger partial charge is 0.137 e. The molecule has 0 aliphatic carbocycles. The number of pyridine rings is 1. The van der Waals surface area contributed by atoms with Crippen LogP contribution in [0.4, 0.5) is 0 Å². The van der Waals surface area contributed by atoms with Gasteiger partial charge in [0.05, 0.1) is 18.5 Å². The van der Waals surface area contributed by atoms with Crippen LogP contribution in [-0.2, 0) is 0 Å². The minimum atomic E-state index is -0.0542. The summed E-state index contributed by atoms with van der Waals surface area (Å²) in [7, 11) is 0. The second-order valence-corrected chi connectivity index (χ2v) is 3.13. The van der Waals surface area contributed by atoms with Crippen LogP contribution in [0.3, 0.4) is 0 Å². The summed E-state index contributed by atoms with van der Waals surface area (Å²) in [5, 5.41) is 8.55. The van der Waals surface area contributed by atoms with Gasteiger partial charge < -0.3 is 15.6 Å². The van der Waals surface area contributed by atoms with Crippen LogP contribution in [0.15, 0.2) is 18.3 Å². The average Bonchev–Trinajstić information content (AvgIpc) is 2.19. The average molecular weight is 196 g/mol. The van der Waals surface area contributed by atoms with Crippen molar-refractivity contribution in [3.8, 4) is 5.75 Å². The van der Waals surface area contributed by atoms with Crippen molar-refractivity contribution in [3.05, 3.63) is 24.0 Å². The Kier molecular flexibility index (Phi) is 4.35. The van der Waals surface area contributed by atoms with Gasteiger partial charge in [0.15, 0.2) is 0 Å².